The van der Waals surface area contributed by atoms with Gasteiger partial charge < -0.3 is 17.5 Å². The molecule has 74 valence electrons. The van der Waals surface area contributed by atoms with E-state index < -0.39 is 5.97 Å². The number of hydrogen-bond acceptors (Lipinski definition) is 1. The maximum atomic E-state index is 10.2. The van der Waals surface area contributed by atoms with E-state index in [4.69, 9.17) is 5.11 Å². The number of rotatable bonds is 4. The van der Waals surface area contributed by atoms with Gasteiger partial charge in [0.05, 0.1) is 7.05 Å². The number of carboxylic acids is 1. The minimum atomic E-state index is -0.732. The molecule has 0 radical (unpaired) electrons. The van der Waals surface area contributed by atoms with Gasteiger partial charge in [0, 0.05) is 12.8 Å². The van der Waals surface area contributed by atoms with Crippen LogP contribution in [-0.2, 0) is 18.3 Å². The fraction of sp³-hybridized carbons (Fsp3) is 0.500. The lowest BCUT2D eigenvalue weighted by Crippen LogP contribution is -3.00. The SMILES string of the molecule is C[n+]1cc[nH]c1CCCC(=O)O.[Cl-]. The van der Waals surface area contributed by atoms with Crippen molar-refractivity contribution in [2.75, 3.05) is 0 Å². The lowest BCUT2D eigenvalue weighted by atomic mass is 10.2. The van der Waals surface area contributed by atoms with E-state index in [1.807, 2.05) is 24.0 Å². The third-order valence-corrected chi connectivity index (χ3v) is 1.78. The molecular weight excluding hydrogens is 192 g/mol. The van der Waals surface area contributed by atoms with E-state index in [1.54, 1.807) is 0 Å². The molecule has 13 heavy (non-hydrogen) atoms. The summed E-state index contributed by atoms with van der Waals surface area (Å²) < 4.78 is 1.96. The molecule has 1 heterocycles. The Morgan fingerprint density at radius 2 is 2.38 bits per heavy atom. The zero-order valence-electron chi connectivity index (χ0n) is 7.46. The number of aryl methyl sites for hydroxylation is 2. The summed E-state index contributed by atoms with van der Waals surface area (Å²) in [5.74, 6) is 0.334. The fourth-order valence-electron chi connectivity index (χ4n) is 1.09. The predicted molar refractivity (Wildman–Crippen MR) is 42.5 cm³/mol. The molecule has 0 spiro atoms. The Labute approximate surface area is 83.0 Å². The second kappa shape index (κ2) is 5.59. The zero-order valence-corrected chi connectivity index (χ0v) is 8.21. The molecule has 0 amide bonds. The number of aromatic amines is 1. The van der Waals surface area contributed by atoms with Gasteiger partial charge in [0.2, 0.25) is 0 Å². The maximum absolute atomic E-state index is 10.2. The standard InChI is InChI=1S/C8H12N2O2.ClH/c1-10-6-5-9-7(10)3-2-4-8(11)12;/h5-6H,2-4H2,1H3,(H,11,12);1H. The van der Waals surface area contributed by atoms with Gasteiger partial charge >= 0.3 is 5.97 Å². The summed E-state index contributed by atoms with van der Waals surface area (Å²) in [6.07, 6.45) is 5.46. The Bertz CT molecular complexity index is 273. The molecule has 0 aliphatic carbocycles. The summed E-state index contributed by atoms with van der Waals surface area (Å²) in [5, 5.41) is 8.39. The van der Waals surface area contributed by atoms with Gasteiger partial charge in [-0.05, 0) is 6.42 Å². The molecule has 1 aromatic heterocycles. The molecular formula is C8H13ClN2O2. The summed E-state index contributed by atoms with van der Waals surface area (Å²) in [7, 11) is 1.94. The number of nitrogens with one attached hydrogen (secondary N) is 1. The number of aromatic nitrogens is 2. The Hall–Kier alpha value is -1.03. The molecule has 0 fully saturated rings. The first kappa shape index (κ1) is 12.0. The molecule has 0 saturated carbocycles. The smallest absolute Gasteiger partial charge is 0.303 e. The first-order valence-electron chi connectivity index (χ1n) is 3.94. The summed E-state index contributed by atoms with van der Waals surface area (Å²) >= 11 is 0. The molecule has 1 rings (SSSR count). The Kier molecular flexibility index (Phi) is 5.14. The highest BCUT2D eigenvalue weighted by molar-refractivity contribution is 5.66. The van der Waals surface area contributed by atoms with Crippen LogP contribution in [0.25, 0.3) is 0 Å². The van der Waals surface area contributed by atoms with Crippen molar-refractivity contribution >= 4 is 5.97 Å². The van der Waals surface area contributed by atoms with E-state index in [2.05, 4.69) is 4.98 Å². The molecule has 0 bridgehead atoms. The normalized spacial score (nSPS) is 9.31. The topological polar surface area (TPSA) is 57.0 Å². The zero-order chi connectivity index (χ0) is 8.97. The first-order valence-corrected chi connectivity index (χ1v) is 3.94. The predicted octanol–water partition coefficient (Wildman–Crippen LogP) is -2.75. The minimum Gasteiger partial charge on any atom is -1.00 e. The monoisotopic (exact) mass is 204 g/mol. The van der Waals surface area contributed by atoms with Crippen LogP contribution in [0.1, 0.15) is 18.7 Å². The van der Waals surface area contributed by atoms with Crippen LogP contribution in [-0.4, -0.2) is 16.1 Å². The number of nitrogens with zero attached hydrogens (tertiary/aromatic N) is 1. The quantitative estimate of drug-likeness (QED) is 0.523. The minimum absolute atomic E-state index is 0. The summed E-state index contributed by atoms with van der Waals surface area (Å²) in [4.78, 5) is 13.2. The highest BCUT2D eigenvalue weighted by Crippen LogP contribution is 1.96. The summed E-state index contributed by atoms with van der Waals surface area (Å²) in [6.45, 7) is 0. The van der Waals surface area contributed by atoms with Gasteiger partial charge in [-0.3, -0.25) is 4.79 Å². The molecule has 5 heteroatoms. The molecule has 0 aromatic carbocycles. The van der Waals surface area contributed by atoms with E-state index in [9.17, 15) is 4.79 Å². The number of imidazole rings is 1. The summed E-state index contributed by atoms with van der Waals surface area (Å²) in [6, 6.07) is 0. The molecule has 0 unspecified atom stereocenters. The largest absolute Gasteiger partial charge is 1.00 e. The van der Waals surface area contributed by atoms with Crippen molar-refractivity contribution in [3.63, 3.8) is 0 Å². The highest BCUT2D eigenvalue weighted by atomic mass is 35.5. The average molecular weight is 205 g/mol. The second-order valence-corrected chi connectivity index (χ2v) is 2.76. The highest BCUT2D eigenvalue weighted by Gasteiger charge is 2.06. The van der Waals surface area contributed by atoms with Gasteiger partial charge in [-0.15, -0.1) is 0 Å². The van der Waals surface area contributed by atoms with Crippen molar-refractivity contribution in [2.45, 2.75) is 19.3 Å². The van der Waals surface area contributed by atoms with E-state index in [0.717, 1.165) is 12.2 Å². The maximum Gasteiger partial charge on any atom is 0.303 e. The molecule has 0 atom stereocenters. The Balaban J connectivity index is 0.00000144. The van der Waals surface area contributed by atoms with Crippen molar-refractivity contribution < 1.29 is 26.9 Å². The lowest BCUT2D eigenvalue weighted by Gasteiger charge is -1.92. The van der Waals surface area contributed by atoms with Gasteiger partial charge in [0.25, 0.3) is 5.82 Å². The first-order chi connectivity index (χ1) is 5.70. The molecule has 0 saturated heterocycles. The number of carboxylic acid groups (broad SMARTS) is 1. The van der Waals surface area contributed by atoms with Crippen molar-refractivity contribution in [1.29, 1.82) is 0 Å². The van der Waals surface area contributed by atoms with Crippen molar-refractivity contribution in [1.82, 2.24) is 4.98 Å². The second-order valence-electron chi connectivity index (χ2n) is 2.76. The van der Waals surface area contributed by atoms with Crippen LogP contribution >= 0.6 is 0 Å². The van der Waals surface area contributed by atoms with Crippen LogP contribution in [0, 0.1) is 0 Å². The van der Waals surface area contributed by atoms with Gasteiger partial charge in [-0.2, -0.15) is 0 Å². The van der Waals surface area contributed by atoms with E-state index in [-0.39, 0.29) is 18.8 Å². The van der Waals surface area contributed by atoms with E-state index in [0.29, 0.717) is 6.42 Å². The molecule has 2 N–H and O–H groups in total. The third kappa shape index (κ3) is 3.94. The van der Waals surface area contributed by atoms with Gasteiger partial charge in [-0.25, -0.2) is 9.55 Å². The van der Waals surface area contributed by atoms with Crippen LogP contribution in [0.15, 0.2) is 12.4 Å². The van der Waals surface area contributed by atoms with Crippen molar-refractivity contribution in [2.24, 2.45) is 7.05 Å². The lowest BCUT2D eigenvalue weighted by molar-refractivity contribution is -0.677. The van der Waals surface area contributed by atoms with E-state index >= 15 is 0 Å². The number of H-pyrrole nitrogens is 1. The van der Waals surface area contributed by atoms with Gasteiger partial charge in [0.1, 0.15) is 12.4 Å². The third-order valence-electron chi connectivity index (χ3n) is 1.78. The van der Waals surface area contributed by atoms with E-state index in [1.165, 1.54) is 0 Å². The number of carbonyl (C=O) groups is 1. The van der Waals surface area contributed by atoms with Crippen molar-refractivity contribution in [3.05, 3.63) is 18.2 Å². The molecule has 0 aliphatic heterocycles. The van der Waals surface area contributed by atoms with Crippen LogP contribution in [0.3, 0.4) is 0 Å². The average Bonchev–Trinajstić information content (AvgIpc) is 2.36. The van der Waals surface area contributed by atoms with Gasteiger partial charge in [-0.1, -0.05) is 0 Å². The summed E-state index contributed by atoms with van der Waals surface area (Å²) in [5.41, 5.74) is 0. The van der Waals surface area contributed by atoms with Gasteiger partial charge in [0.15, 0.2) is 0 Å². The molecule has 0 aliphatic rings. The number of halogens is 1. The van der Waals surface area contributed by atoms with Crippen molar-refractivity contribution in [3.8, 4) is 0 Å². The number of aliphatic carboxylic acids is 1. The number of hydrogen-bond donors (Lipinski definition) is 2. The molecule has 1 aromatic rings. The molecule has 4 nitrogen and oxygen atoms in total. The fourth-order valence-corrected chi connectivity index (χ4v) is 1.09. The Morgan fingerprint density at radius 3 is 2.85 bits per heavy atom. The van der Waals surface area contributed by atoms with Crippen LogP contribution in [0.4, 0.5) is 0 Å². The Morgan fingerprint density at radius 1 is 1.69 bits per heavy atom. The van der Waals surface area contributed by atoms with Crippen LogP contribution in [0.5, 0.6) is 0 Å². The van der Waals surface area contributed by atoms with Crippen LogP contribution < -0.4 is 17.0 Å². The van der Waals surface area contributed by atoms with Crippen LogP contribution in [0.2, 0.25) is 0 Å².